The maximum Gasteiger partial charge on any atom is 0.235 e. The maximum atomic E-state index is 9.34. The Morgan fingerprint density at radius 2 is 1.82 bits per heavy atom. The van der Waals surface area contributed by atoms with Crippen LogP contribution in [0.25, 0.3) is 0 Å². The van der Waals surface area contributed by atoms with Crippen molar-refractivity contribution in [3.05, 3.63) is 24.3 Å². The van der Waals surface area contributed by atoms with E-state index in [9.17, 15) is 9.59 Å². The first-order chi connectivity index (χ1) is 8.24. The van der Waals surface area contributed by atoms with Gasteiger partial charge in [-0.2, -0.15) is 0 Å². The molecule has 0 aromatic heterocycles. The summed E-state index contributed by atoms with van der Waals surface area (Å²) in [5, 5.41) is 8.86. The van der Waals surface area contributed by atoms with Crippen LogP contribution in [0.2, 0.25) is 0 Å². The smallest absolute Gasteiger partial charge is 0.235 e. The average Bonchev–Trinajstić information content (AvgIpc) is 2.35. The lowest BCUT2D eigenvalue weighted by Gasteiger charge is -1.97. The maximum absolute atomic E-state index is 9.34. The second-order valence-electron chi connectivity index (χ2n) is 2.65. The largest absolute Gasteiger partial charge is 0.508 e. The SMILES string of the molecule is COc1cccc(O)c1.O=C=NCCN=C=O. The number of methoxy groups -OCH3 is 1. The minimum Gasteiger partial charge on any atom is -0.508 e. The molecule has 1 aromatic carbocycles. The normalized spacial score (nSPS) is 7.82. The number of benzene rings is 1. The molecule has 0 aliphatic rings. The fourth-order valence-electron chi connectivity index (χ4n) is 0.802. The van der Waals surface area contributed by atoms with Gasteiger partial charge in [-0.05, 0) is 12.1 Å². The monoisotopic (exact) mass is 236 g/mol. The van der Waals surface area contributed by atoms with Crippen molar-refractivity contribution in [2.75, 3.05) is 20.2 Å². The van der Waals surface area contributed by atoms with Gasteiger partial charge in [0.15, 0.2) is 0 Å². The van der Waals surface area contributed by atoms with Crippen molar-refractivity contribution in [3.63, 3.8) is 0 Å². The van der Waals surface area contributed by atoms with Crippen LogP contribution in [-0.4, -0.2) is 37.5 Å². The number of aromatic hydroxyl groups is 1. The Morgan fingerprint density at radius 3 is 2.18 bits per heavy atom. The standard InChI is InChI=1S/C7H8O2.C4H4N2O2/c1-9-7-4-2-3-6(8)5-7;7-3-5-1-2-6-4-8/h2-5,8H,1H3;1-2H2. The number of isocyanates is 2. The lowest BCUT2D eigenvalue weighted by molar-refractivity contribution is 0.407. The lowest BCUT2D eigenvalue weighted by Crippen LogP contribution is -1.82. The molecule has 0 amide bonds. The number of hydrogen-bond acceptors (Lipinski definition) is 6. The number of nitrogens with zero attached hydrogens (tertiary/aromatic N) is 2. The Balaban J connectivity index is 0.000000304. The summed E-state index contributed by atoms with van der Waals surface area (Å²) in [6.45, 7) is 0.442. The summed E-state index contributed by atoms with van der Waals surface area (Å²) in [5.41, 5.74) is 0. The number of rotatable bonds is 4. The number of carbonyl (C=O) groups excluding carboxylic acids is 2. The van der Waals surface area contributed by atoms with E-state index in [-0.39, 0.29) is 18.8 Å². The average molecular weight is 236 g/mol. The Hall–Kier alpha value is -2.42. The highest BCUT2D eigenvalue weighted by Crippen LogP contribution is 2.16. The van der Waals surface area contributed by atoms with Crippen LogP contribution < -0.4 is 4.74 Å². The first kappa shape index (κ1) is 14.6. The first-order valence-corrected chi connectivity index (χ1v) is 4.65. The highest BCUT2D eigenvalue weighted by molar-refractivity contribution is 5.34. The van der Waals surface area contributed by atoms with E-state index in [0.717, 1.165) is 0 Å². The van der Waals surface area contributed by atoms with Gasteiger partial charge in [0.2, 0.25) is 12.2 Å². The number of ether oxygens (including phenoxy) is 1. The fourth-order valence-corrected chi connectivity index (χ4v) is 0.802. The zero-order chi connectivity index (χ0) is 12.9. The third kappa shape index (κ3) is 8.57. The van der Waals surface area contributed by atoms with Crippen molar-refractivity contribution in [2.24, 2.45) is 9.98 Å². The molecule has 6 heteroatoms. The van der Waals surface area contributed by atoms with Gasteiger partial charge in [-0.3, -0.25) is 0 Å². The summed E-state index contributed by atoms with van der Waals surface area (Å²) in [5.74, 6) is 0.907. The highest BCUT2D eigenvalue weighted by Gasteiger charge is 1.88. The fraction of sp³-hybridized carbons (Fsp3) is 0.273. The summed E-state index contributed by atoms with van der Waals surface area (Å²) >= 11 is 0. The van der Waals surface area contributed by atoms with E-state index >= 15 is 0 Å². The molecule has 1 aromatic rings. The van der Waals surface area contributed by atoms with Crippen LogP contribution in [0.4, 0.5) is 0 Å². The highest BCUT2D eigenvalue weighted by atomic mass is 16.5. The quantitative estimate of drug-likeness (QED) is 0.481. The Kier molecular flexibility index (Phi) is 8.67. The molecule has 0 saturated heterocycles. The molecule has 0 heterocycles. The van der Waals surface area contributed by atoms with E-state index < -0.39 is 0 Å². The minimum atomic E-state index is 0.221. The van der Waals surface area contributed by atoms with Crippen LogP contribution in [0.15, 0.2) is 34.3 Å². The first-order valence-electron chi connectivity index (χ1n) is 4.65. The Labute approximate surface area is 98.3 Å². The zero-order valence-electron chi connectivity index (χ0n) is 9.29. The van der Waals surface area contributed by atoms with Gasteiger partial charge in [0.1, 0.15) is 11.5 Å². The summed E-state index contributed by atoms with van der Waals surface area (Å²) in [4.78, 5) is 24.9. The molecule has 0 aliphatic heterocycles. The molecular weight excluding hydrogens is 224 g/mol. The van der Waals surface area contributed by atoms with Gasteiger partial charge in [-0.1, -0.05) is 6.07 Å². The molecular formula is C11H12N2O4. The van der Waals surface area contributed by atoms with Crippen molar-refractivity contribution >= 4 is 12.2 Å². The molecule has 0 spiro atoms. The predicted octanol–water partition coefficient (Wildman–Crippen LogP) is 1.06. The molecule has 1 rings (SSSR count). The zero-order valence-corrected chi connectivity index (χ0v) is 9.29. The third-order valence-electron chi connectivity index (χ3n) is 1.51. The molecule has 90 valence electrons. The van der Waals surface area contributed by atoms with E-state index in [0.29, 0.717) is 5.75 Å². The van der Waals surface area contributed by atoms with Gasteiger partial charge in [-0.25, -0.2) is 19.6 Å². The van der Waals surface area contributed by atoms with E-state index in [1.807, 2.05) is 0 Å². The summed E-state index contributed by atoms with van der Waals surface area (Å²) in [6.07, 6.45) is 2.62. The molecule has 0 aliphatic carbocycles. The van der Waals surface area contributed by atoms with Gasteiger partial charge in [0.25, 0.3) is 0 Å². The van der Waals surface area contributed by atoms with Gasteiger partial charge in [0.05, 0.1) is 20.2 Å². The van der Waals surface area contributed by atoms with Crippen LogP contribution in [0.1, 0.15) is 0 Å². The van der Waals surface area contributed by atoms with Crippen molar-refractivity contribution in [2.45, 2.75) is 0 Å². The van der Waals surface area contributed by atoms with Crippen LogP contribution in [0.3, 0.4) is 0 Å². The van der Waals surface area contributed by atoms with Crippen LogP contribution >= 0.6 is 0 Å². The number of phenols is 1. The topological polar surface area (TPSA) is 88.3 Å². The number of aliphatic imine (C=N–C) groups is 2. The summed E-state index contributed by atoms with van der Waals surface area (Å²) < 4.78 is 4.84. The van der Waals surface area contributed by atoms with Gasteiger partial charge in [0, 0.05) is 6.07 Å². The molecule has 17 heavy (non-hydrogen) atoms. The van der Waals surface area contributed by atoms with E-state index in [1.54, 1.807) is 31.4 Å². The second-order valence-corrected chi connectivity index (χ2v) is 2.65. The van der Waals surface area contributed by atoms with E-state index in [1.165, 1.54) is 12.2 Å². The van der Waals surface area contributed by atoms with Crippen LogP contribution in [0.5, 0.6) is 11.5 Å². The van der Waals surface area contributed by atoms with Crippen molar-refractivity contribution in [1.82, 2.24) is 0 Å². The molecule has 0 atom stereocenters. The van der Waals surface area contributed by atoms with Crippen LogP contribution in [0, 0.1) is 0 Å². The molecule has 0 radical (unpaired) electrons. The van der Waals surface area contributed by atoms with Crippen LogP contribution in [-0.2, 0) is 9.59 Å². The molecule has 0 fully saturated rings. The Morgan fingerprint density at radius 1 is 1.24 bits per heavy atom. The minimum absolute atomic E-state index is 0.221. The second kappa shape index (κ2) is 10.1. The van der Waals surface area contributed by atoms with Crippen molar-refractivity contribution < 1.29 is 19.4 Å². The lowest BCUT2D eigenvalue weighted by atomic mass is 10.3. The van der Waals surface area contributed by atoms with Crippen molar-refractivity contribution in [3.8, 4) is 11.5 Å². The molecule has 6 nitrogen and oxygen atoms in total. The Bertz CT molecular complexity index is 403. The van der Waals surface area contributed by atoms with E-state index in [2.05, 4.69) is 9.98 Å². The third-order valence-corrected chi connectivity index (χ3v) is 1.51. The molecule has 0 bridgehead atoms. The molecule has 0 saturated carbocycles. The molecule has 1 N–H and O–H groups in total. The van der Waals surface area contributed by atoms with E-state index in [4.69, 9.17) is 9.84 Å². The molecule has 0 unspecified atom stereocenters. The van der Waals surface area contributed by atoms with Crippen molar-refractivity contribution in [1.29, 1.82) is 0 Å². The summed E-state index contributed by atoms with van der Waals surface area (Å²) in [6, 6.07) is 6.66. The predicted molar refractivity (Wildman–Crippen MR) is 60.6 cm³/mol. The summed E-state index contributed by atoms with van der Waals surface area (Å²) in [7, 11) is 1.56. The van der Waals surface area contributed by atoms with Gasteiger partial charge >= 0.3 is 0 Å². The number of hydrogen-bond donors (Lipinski definition) is 1. The van der Waals surface area contributed by atoms with Gasteiger partial charge in [-0.15, -0.1) is 0 Å². The number of phenolic OH excluding ortho intramolecular Hbond substituents is 1. The van der Waals surface area contributed by atoms with Gasteiger partial charge < -0.3 is 9.84 Å².